The number of amides is 2. The minimum Gasteiger partial charge on any atom is -0.375 e. The van der Waals surface area contributed by atoms with Gasteiger partial charge in [0.15, 0.2) is 0 Å². The number of carbonyl (C=O) groups is 2. The fourth-order valence-corrected chi connectivity index (χ4v) is 1.96. The molecule has 5 nitrogen and oxygen atoms in total. The number of rotatable bonds is 6. The summed E-state index contributed by atoms with van der Waals surface area (Å²) in [6.07, 6.45) is -0.402. The van der Waals surface area contributed by atoms with Crippen LogP contribution in [0.25, 0.3) is 0 Å². The maximum Gasteiger partial charge on any atom is 0.309 e. The molecule has 0 aromatic heterocycles. The van der Waals surface area contributed by atoms with Gasteiger partial charge in [-0.25, -0.2) is 0 Å². The summed E-state index contributed by atoms with van der Waals surface area (Å²) >= 11 is 6.09. The molecular formula is C15H21ClN2O3. The molecule has 0 saturated carbocycles. The summed E-state index contributed by atoms with van der Waals surface area (Å²) in [4.78, 5) is 23.2. The normalized spacial score (nSPS) is 12.0. The van der Waals surface area contributed by atoms with E-state index >= 15 is 0 Å². The highest BCUT2D eigenvalue weighted by Crippen LogP contribution is 2.24. The molecule has 0 spiro atoms. The van der Waals surface area contributed by atoms with Gasteiger partial charge in [-0.15, -0.1) is 0 Å². The third-order valence-electron chi connectivity index (χ3n) is 2.86. The van der Waals surface area contributed by atoms with Crippen molar-refractivity contribution in [2.75, 3.05) is 20.2 Å². The third-order valence-corrected chi connectivity index (χ3v) is 3.21. The maximum absolute atomic E-state index is 11.7. The highest BCUT2D eigenvalue weighted by atomic mass is 35.5. The van der Waals surface area contributed by atoms with E-state index in [9.17, 15) is 9.59 Å². The van der Waals surface area contributed by atoms with E-state index in [0.29, 0.717) is 11.6 Å². The first kappa shape index (κ1) is 17.5. The highest BCUT2D eigenvalue weighted by Gasteiger charge is 2.18. The molecule has 0 bridgehead atoms. The van der Waals surface area contributed by atoms with Gasteiger partial charge in [0.2, 0.25) is 0 Å². The molecule has 116 valence electrons. The van der Waals surface area contributed by atoms with Gasteiger partial charge in [0, 0.05) is 30.8 Å². The smallest absolute Gasteiger partial charge is 0.309 e. The molecule has 21 heavy (non-hydrogen) atoms. The summed E-state index contributed by atoms with van der Waals surface area (Å²) in [5.74, 6) is -1.03. The number of halogens is 1. The summed E-state index contributed by atoms with van der Waals surface area (Å²) in [7, 11) is 1.53. The van der Waals surface area contributed by atoms with E-state index in [1.165, 1.54) is 7.11 Å². The summed E-state index contributed by atoms with van der Waals surface area (Å²) < 4.78 is 5.31. The fraction of sp³-hybridized carbons (Fsp3) is 0.467. The number of hydrogen-bond donors (Lipinski definition) is 2. The highest BCUT2D eigenvalue weighted by molar-refractivity contribution is 6.35. The second-order valence-corrected chi connectivity index (χ2v) is 5.47. The van der Waals surface area contributed by atoms with E-state index in [-0.39, 0.29) is 12.5 Å². The molecule has 2 N–H and O–H groups in total. The summed E-state index contributed by atoms with van der Waals surface area (Å²) in [6, 6.07) is 7.22. The van der Waals surface area contributed by atoms with Crippen LogP contribution < -0.4 is 10.6 Å². The molecule has 1 atom stereocenters. The molecule has 0 heterocycles. The van der Waals surface area contributed by atoms with Crippen LogP contribution in [0.4, 0.5) is 0 Å². The topological polar surface area (TPSA) is 67.4 Å². The molecule has 1 aromatic carbocycles. The molecule has 2 amide bonds. The van der Waals surface area contributed by atoms with Crippen LogP contribution in [-0.2, 0) is 14.3 Å². The van der Waals surface area contributed by atoms with Gasteiger partial charge in [-0.2, -0.15) is 0 Å². The van der Waals surface area contributed by atoms with Gasteiger partial charge in [-0.1, -0.05) is 43.6 Å². The largest absolute Gasteiger partial charge is 0.375 e. The predicted molar refractivity (Wildman–Crippen MR) is 82.1 cm³/mol. The maximum atomic E-state index is 11.7. The molecule has 0 aliphatic carbocycles. The van der Waals surface area contributed by atoms with Crippen LogP contribution >= 0.6 is 11.6 Å². The molecule has 0 aliphatic rings. The number of nitrogens with one attached hydrogen (secondary N) is 2. The lowest BCUT2D eigenvalue weighted by atomic mass is 10.1. The van der Waals surface area contributed by atoms with Crippen LogP contribution in [0.1, 0.15) is 25.5 Å². The average molecular weight is 313 g/mol. The van der Waals surface area contributed by atoms with Crippen LogP contribution in [0, 0.1) is 5.92 Å². The zero-order chi connectivity index (χ0) is 15.8. The lowest BCUT2D eigenvalue weighted by molar-refractivity contribution is -0.139. The molecule has 0 fully saturated rings. The van der Waals surface area contributed by atoms with Crippen molar-refractivity contribution in [3.8, 4) is 0 Å². The van der Waals surface area contributed by atoms with E-state index in [1.807, 2.05) is 32.0 Å². The zero-order valence-electron chi connectivity index (χ0n) is 12.5. The Kier molecular flexibility index (Phi) is 7.19. The number of ether oxygens (including phenoxy) is 1. The Hall–Kier alpha value is -1.59. The third kappa shape index (κ3) is 5.73. The van der Waals surface area contributed by atoms with E-state index in [1.54, 1.807) is 6.07 Å². The van der Waals surface area contributed by atoms with Crippen molar-refractivity contribution in [2.45, 2.75) is 20.0 Å². The Bertz CT molecular complexity index is 492. The average Bonchev–Trinajstić information content (AvgIpc) is 2.46. The zero-order valence-corrected chi connectivity index (χ0v) is 13.2. The van der Waals surface area contributed by atoms with Gasteiger partial charge in [0.05, 0.1) is 0 Å². The van der Waals surface area contributed by atoms with Crippen molar-refractivity contribution < 1.29 is 14.3 Å². The number of benzene rings is 1. The van der Waals surface area contributed by atoms with Gasteiger partial charge < -0.3 is 15.4 Å². The Labute approximate surface area is 130 Å². The summed E-state index contributed by atoms with van der Waals surface area (Å²) in [5.41, 5.74) is 0.768. The Morgan fingerprint density at radius 1 is 1.14 bits per heavy atom. The number of carbonyl (C=O) groups excluding carboxylic acids is 2. The SMILES string of the molecule is COC(CNC(=O)C(=O)NCC(C)C)c1ccccc1Cl. The molecule has 1 rings (SSSR count). The van der Waals surface area contributed by atoms with Gasteiger partial charge in [0.1, 0.15) is 6.10 Å². The summed E-state index contributed by atoms with van der Waals surface area (Å²) in [6.45, 7) is 4.55. The van der Waals surface area contributed by atoms with E-state index < -0.39 is 17.9 Å². The van der Waals surface area contributed by atoms with Gasteiger partial charge >= 0.3 is 11.8 Å². The first-order valence-electron chi connectivity index (χ1n) is 6.79. The van der Waals surface area contributed by atoms with Gasteiger partial charge in [-0.05, 0) is 12.0 Å². The van der Waals surface area contributed by atoms with Crippen molar-refractivity contribution in [3.05, 3.63) is 34.9 Å². The van der Waals surface area contributed by atoms with E-state index in [4.69, 9.17) is 16.3 Å². The Morgan fingerprint density at radius 2 is 1.71 bits per heavy atom. The minimum absolute atomic E-state index is 0.175. The number of hydrogen-bond acceptors (Lipinski definition) is 3. The molecule has 6 heteroatoms. The standard InChI is InChI=1S/C15H21ClN2O3/c1-10(2)8-17-14(19)15(20)18-9-13(21-3)11-6-4-5-7-12(11)16/h4-7,10,13H,8-9H2,1-3H3,(H,17,19)(H,18,20). The first-order valence-corrected chi connectivity index (χ1v) is 7.16. The molecule has 0 radical (unpaired) electrons. The molecular weight excluding hydrogens is 292 g/mol. The van der Waals surface area contributed by atoms with Crippen LogP contribution in [-0.4, -0.2) is 32.0 Å². The molecule has 1 aromatic rings. The first-order chi connectivity index (χ1) is 9.95. The monoisotopic (exact) mass is 312 g/mol. The van der Waals surface area contributed by atoms with Crippen molar-refractivity contribution in [3.63, 3.8) is 0 Å². The van der Waals surface area contributed by atoms with E-state index in [0.717, 1.165) is 5.56 Å². The van der Waals surface area contributed by atoms with Crippen molar-refractivity contribution >= 4 is 23.4 Å². The van der Waals surface area contributed by atoms with Crippen molar-refractivity contribution in [1.82, 2.24) is 10.6 Å². The van der Waals surface area contributed by atoms with E-state index in [2.05, 4.69) is 10.6 Å². The second kappa shape index (κ2) is 8.64. The lowest BCUT2D eigenvalue weighted by Gasteiger charge is -2.17. The molecule has 0 saturated heterocycles. The fourth-order valence-electron chi connectivity index (χ4n) is 1.70. The van der Waals surface area contributed by atoms with Crippen molar-refractivity contribution in [1.29, 1.82) is 0 Å². The van der Waals surface area contributed by atoms with Gasteiger partial charge in [-0.3, -0.25) is 9.59 Å². The second-order valence-electron chi connectivity index (χ2n) is 5.06. The molecule has 0 aliphatic heterocycles. The van der Waals surface area contributed by atoms with Crippen LogP contribution in [0.3, 0.4) is 0 Å². The summed E-state index contributed by atoms with van der Waals surface area (Å²) in [5, 5.41) is 5.66. The number of methoxy groups -OCH3 is 1. The van der Waals surface area contributed by atoms with Crippen molar-refractivity contribution in [2.24, 2.45) is 5.92 Å². The minimum atomic E-state index is -0.676. The predicted octanol–water partition coefficient (Wildman–Crippen LogP) is 1.92. The Balaban J connectivity index is 2.54. The van der Waals surface area contributed by atoms with Gasteiger partial charge in [0.25, 0.3) is 0 Å². The van der Waals surface area contributed by atoms with Crippen LogP contribution in [0.2, 0.25) is 5.02 Å². The lowest BCUT2D eigenvalue weighted by Crippen LogP contribution is -2.42. The molecule has 1 unspecified atom stereocenters. The Morgan fingerprint density at radius 3 is 2.24 bits per heavy atom. The quantitative estimate of drug-likeness (QED) is 0.789. The van der Waals surface area contributed by atoms with Crippen LogP contribution in [0.5, 0.6) is 0 Å². The van der Waals surface area contributed by atoms with Crippen LogP contribution in [0.15, 0.2) is 24.3 Å².